The van der Waals surface area contributed by atoms with Crippen molar-refractivity contribution in [1.29, 1.82) is 0 Å². The number of amides is 1. The van der Waals surface area contributed by atoms with E-state index in [0.717, 1.165) is 6.07 Å². The molecular weight excluding hydrogens is 289 g/mol. The molecule has 2 N–H and O–H groups in total. The number of carbonyl (C=O) groups is 2. The van der Waals surface area contributed by atoms with E-state index >= 15 is 0 Å². The van der Waals surface area contributed by atoms with Gasteiger partial charge in [-0.3, -0.25) is 4.79 Å². The Morgan fingerprint density at radius 1 is 1.36 bits per heavy atom. The van der Waals surface area contributed by atoms with Crippen LogP contribution in [0, 0.1) is 17.7 Å². The lowest BCUT2D eigenvalue weighted by atomic mass is 10.0. The Morgan fingerprint density at radius 2 is 2.05 bits per heavy atom. The van der Waals surface area contributed by atoms with Gasteiger partial charge in [0, 0.05) is 5.56 Å². The Labute approximate surface area is 128 Å². The summed E-state index contributed by atoms with van der Waals surface area (Å²) in [6, 6.07) is 3.75. The third-order valence-corrected chi connectivity index (χ3v) is 2.35. The van der Waals surface area contributed by atoms with Crippen LogP contribution in [0.2, 0.25) is 0 Å². The predicted molar refractivity (Wildman–Crippen MR) is 78.9 cm³/mol. The molecule has 0 heterocycles. The lowest BCUT2D eigenvalue weighted by Gasteiger charge is -2.19. The normalized spacial score (nSPS) is 10.4. The van der Waals surface area contributed by atoms with Crippen LogP contribution < -0.4 is 5.32 Å². The third-order valence-electron chi connectivity index (χ3n) is 2.35. The highest BCUT2D eigenvalue weighted by atomic mass is 19.1. The predicted octanol–water partition coefficient (Wildman–Crippen LogP) is 2.33. The van der Waals surface area contributed by atoms with Crippen LogP contribution >= 0.6 is 0 Å². The fraction of sp³-hybridized carbons (Fsp3) is 0.375. The highest BCUT2D eigenvalue weighted by Gasteiger charge is 2.15. The highest BCUT2D eigenvalue weighted by molar-refractivity contribution is 5.71. The molecule has 0 bridgehead atoms. The number of benzene rings is 1. The molecule has 0 atom stereocenters. The zero-order chi connectivity index (χ0) is 16.8. The Hall–Kier alpha value is -2.55. The minimum absolute atomic E-state index is 0.0405. The van der Waals surface area contributed by atoms with Crippen LogP contribution in [-0.4, -0.2) is 29.3 Å². The van der Waals surface area contributed by atoms with Crippen molar-refractivity contribution in [2.45, 2.75) is 32.8 Å². The zero-order valence-corrected chi connectivity index (χ0v) is 12.7. The summed E-state index contributed by atoms with van der Waals surface area (Å²) in [5.41, 5.74) is 0.107. The monoisotopic (exact) mass is 307 g/mol. The number of aliphatic carboxylic acids is 1. The number of nitrogens with one attached hydrogen (secondary N) is 1. The minimum atomic E-state index is -1.07. The van der Waals surface area contributed by atoms with E-state index in [0.29, 0.717) is 5.56 Å². The van der Waals surface area contributed by atoms with Crippen LogP contribution in [0.25, 0.3) is 0 Å². The zero-order valence-electron chi connectivity index (χ0n) is 12.7. The van der Waals surface area contributed by atoms with E-state index in [9.17, 15) is 14.0 Å². The van der Waals surface area contributed by atoms with Gasteiger partial charge >= 0.3 is 12.1 Å². The van der Waals surface area contributed by atoms with Crippen LogP contribution in [-0.2, 0) is 16.0 Å². The van der Waals surface area contributed by atoms with E-state index in [1.54, 1.807) is 20.8 Å². The van der Waals surface area contributed by atoms with E-state index < -0.39 is 23.5 Å². The van der Waals surface area contributed by atoms with Crippen molar-refractivity contribution in [2.75, 3.05) is 6.54 Å². The second-order valence-corrected chi connectivity index (χ2v) is 5.53. The van der Waals surface area contributed by atoms with Crippen LogP contribution in [0.15, 0.2) is 18.2 Å². The van der Waals surface area contributed by atoms with Gasteiger partial charge in [0.25, 0.3) is 0 Å². The summed E-state index contributed by atoms with van der Waals surface area (Å²) in [5, 5.41) is 11.2. The summed E-state index contributed by atoms with van der Waals surface area (Å²) in [4.78, 5) is 22.1. The Morgan fingerprint density at radius 3 is 2.64 bits per heavy atom. The summed E-state index contributed by atoms with van der Waals surface area (Å²) in [7, 11) is 0. The van der Waals surface area contributed by atoms with Crippen molar-refractivity contribution in [3.8, 4) is 11.8 Å². The molecule has 5 nitrogen and oxygen atoms in total. The van der Waals surface area contributed by atoms with Crippen LogP contribution in [0.3, 0.4) is 0 Å². The Bertz CT molecular complexity index is 623. The maximum atomic E-state index is 13.1. The van der Waals surface area contributed by atoms with Gasteiger partial charge in [0.15, 0.2) is 0 Å². The first-order valence-corrected chi connectivity index (χ1v) is 6.63. The molecular formula is C16H18FNO4. The second-order valence-electron chi connectivity index (χ2n) is 5.53. The molecule has 22 heavy (non-hydrogen) atoms. The number of carboxylic acids is 1. The SMILES string of the molecule is CC(C)(C)OC(=O)NCC#Cc1ccc(F)cc1CC(=O)O. The van der Waals surface area contributed by atoms with Crippen molar-refractivity contribution < 1.29 is 23.8 Å². The van der Waals surface area contributed by atoms with Crippen molar-refractivity contribution in [3.63, 3.8) is 0 Å². The van der Waals surface area contributed by atoms with Gasteiger partial charge in [-0.2, -0.15) is 0 Å². The maximum Gasteiger partial charge on any atom is 0.408 e. The summed E-state index contributed by atoms with van der Waals surface area (Å²) in [5.74, 6) is 3.80. The number of carbonyl (C=O) groups excluding carboxylic acids is 1. The fourth-order valence-corrected chi connectivity index (χ4v) is 1.56. The third kappa shape index (κ3) is 6.75. The molecule has 6 heteroatoms. The lowest BCUT2D eigenvalue weighted by molar-refractivity contribution is -0.136. The fourth-order valence-electron chi connectivity index (χ4n) is 1.56. The van der Waals surface area contributed by atoms with Gasteiger partial charge < -0.3 is 15.2 Å². The van der Waals surface area contributed by atoms with E-state index in [2.05, 4.69) is 17.2 Å². The first kappa shape index (κ1) is 17.5. The molecule has 0 fully saturated rings. The molecule has 0 saturated carbocycles. The van der Waals surface area contributed by atoms with Crippen molar-refractivity contribution in [2.24, 2.45) is 0 Å². The quantitative estimate of drug-likeness (QED) is 0.840. The number of rotatable bonds is 3. The number of hydrogen-bond acceptors (Lipinski definition) is 3. The smallest absolute Gasteiger partial charge is 0.408 e. The van der Waals surface area contributed by atoms with Crippen molar-refractivity contribution in [3.05, 3.63) is 35.1 Å². The number of halogens is 1. The van der Waals surface area contributed by atoms with E-state index in [4.69, 9.17) is 9.84 Å². The van der Waals surface area contributed by atoms with E-state index in [1.807, 2.05) is 0 Å². The average molecular weight is 307 g/mol. The van der Waals surface area contributed by atoms with Gasteiger partial charge in [-0.1, -0.05) is 11.8 Å². The first-order valence-electron chi connectivity index (χ1n) is 6.63. The molecule has 0 aliphatic carbocycles. The van der Waals surface area contributed by atoms with Gasteiger partial charge in [0.1, 0.15) is 11.4 Å². The first-order chi connectivity index (χ1) is 10.2. The molecule has 0 aliphatic heterocycles. The molecule has 0 radical (unpaired) electrons. The molecule has 0 saturated heterocycles. The van der Waals surface area contributed by atoms with Gasteiger partial charge in [-0.15, -0.1) is 0 Å². The van der Waals surface area contributed by atoms with Crippen molar-refractivity contribution in [1.82, 2.24) is 5.32 Å². The molecule has 1 rings (SSSR count). The molecule has 1 aromatic rings. The number of ether oxygens (including phenoxy) is 1. The molecule has 0 unspecified atom stereocenters. The van der Waals surface area contributed by atoms with Gasteiger partial charge in [0.2, 0.25) is 0 Å². The van der Waals surface area contributed by atoms with Crippen LogP contribution in [0.4, 0.5) is 9.18 Å². The van der Waals surface area contributed by atoms with Gasteiger partial charge in [-0.05, 0) is 44.5 Å². The standard InChI is InChI=1S/C16H18FNO4/c1-16(2,3)22-15(21)18-8-4-5-11-6-7-13(17)9-12(11)10-14(19)20/h6-7,9H,8,10H2,1-3H3,(H,18,21)(H,19,20). The molecule has 118 valence electrons. The summed E-state index contributed by atoms with van der Waals surface area (Å²) in [6.07, 6.45) is -0.909. The Balaban J connectivity index is 2.68. The molecule has 0 aromatic heterocycles. The molecule has 0 aliphatic rings. The Kier molecular flexibility index (Phi) is 5.93. The topological polar surface area (TPSA) is 75.6 Å². The number of carboxylic acid groups (broad SMARTS) is 1. The summed E-state index contributed by atoms with van der Waals surface area (Å²) < 4.78 is 18.2. The molecule has 1 aromatic carbocycles. The molecule has 0 spiro atoms. The summed E-state index contributed by atoms with van der Waals surface area (Å²) >= 11 is 0. The largest absolute Gasteiger partial charge is 0.481 e. The molecule has 1 amide bonds. The highest BCUT2D eigenvalue weighted by Crippen LogP contribution is 2.11. The maximum absolute atomic E-state index is 13.1. The van der Waals surface area contributed by atoms with Crippen LogP contribution in [0.1, 0.15) is 31.9 Å². The van der Waals surface area contributed by atoms with Gasteiger partial charge in [0.05, 0.1) is 13.0 Å². The average Bonchev–Trinajstić information content (AvgIpc) is 2.33. The second kappa shape index (κ2) is 7.46. The summed E-state index contributed by atoms with van der Waals surface area (Å²) in [6.45, 7) is 5.28. The van der Waals surface area contributed by atoms with Gasteiger partial charge in [-0.25, -0.2) is 9.18 Å². The van der Waals surface area contributed by atoms with E-state index in [-0.39, 0.29) is 18.5 Å². The van der Waals surface area contributed by atoms with E-state index in [1.165, 1.54) is 12.1 Å². The van der Waals surface area contributed by atoms with Crippen LogP contribution in [0.5, 0.6) is 0 Å². The minimum Gasteiger partial charge on any atom is -0.481 e. The number of hydrogen-bond donors (Lipinski definition) is 2. The van der Waals surface area contributed by atoms with Crippen molar-refractivity contribution >= 4 is 12.1 Å². The number of alkyl carbamates (subject to hydrolysis) is 1. The lowest BCUT2D eigenvalue weighted by Crippen LogP contribution is -2.32.